The number of benzene rings is 1. The van der Waals surface area contributed by atoms with Crippen LogP contribution in [0.4, 0.5) is 10.1 Å². The fraction of sp³-hybridized carbons (Fsp3) is 0. The second-order valence-electron chi connectivity index (χ2n) is 3.44. The second kappa shape index (κ2) is 5.30. The molecule has 94 valence electrons. The van der Waals surface area contributed by atoms with Gasteiger partial charge in [-0.1, -0.05) is 23.2 Å². The molecule has 0 saturated carbocycles. The van der Waals surface area contributed by atoms with Gasteiger partial charge in [-0.05, 0) is 34.1 Å². The van der Waals surface area contributed by atoms with Gasteiger partial charge in [0, 0.05) is 16.4 Å². The predicted octanol–water partition coefficient (Wildman–Crippen LogP) is 4.48. The Labute approximate surface area is 120 Å². The topological polar surface area (TPSA) is 44.9 Å². The number of anilines is 1. The van der Waals surface area contributed by atoms with Gasteiger partial charge in [-0.2, -0.15) is 0 Å². The van der Waals surface area contributed by atoms with Gasteiger partial charge in [0.15, 0.2) is 5.82 Å². The number of hydrogen-bond acceptors (Lipinski definition) is 1. The summed E-state index contributed by atoms with van der Waals surface area (Å²) in [4.78, 5) is 14.6. The van der Waals surface area contributed by atoms with Crippen LogP contribution >= 0.6 is 39.1 Å². The number of aromatic nitrogens is 1. The van der Waals surface area contributed by atoms with Crippen molar-refractivity contribution in [3.63, 3.8) is 0 Å². The molecule has 0 spiro atoms. The van der Waals surface area contributed by atoms with Crippen molar-refractivity contribution in [2.24, 2.45) is 0 Å². The standard InChI is InChI=1S/C11H6BrCl2FN2O/c12-5-1-9(16-4-5)11(18)17-6-2-7(13)10(15)8(14)3-6/h1-4,16H,(H,17,18). The minimum absolute atomic E-state index is 0.148. The largest absolute Gasteiger partial charge is 0.356 e. The lowest BCUT2D eigenvalue weighted by Crippen LogP contribution is -2.12. The Kier molecular flexibility index (Phi) is 3.94. The molecule has 0 unspecified atom stereocenters. The van der Waals surface area contributed by atoms with E-state index in [2.05, 4.69) is 26.2 Å². The second-order valence-corrected chi connectivity index (χ2v) is 5.17. The van der Waals surface area contributed by atoms with Gasteiger partial charge in [0.05, 0.1) is 10.0 Å². The van der Waals surface area contributed by atoms with Crippen LogP contribution in [0, 0.1) is 5.82 Å². The van der Waals surface area contributed by atoms with Gasteiger partial charge in [0.25, 0.3) is 5.91 Å². The van der Waals surface area contributed by atoms with Crippen LogP contribution in [-0.4, -0.2) is 10.9 Å². The molecule has 0 aliphatic rings. The van der Waals surface area contributed by atoms with Crippen molar-refractivity contribution in [2.75, 3.05) is 5.32 Å². The minimum atomic E-state index is -0.709. The molecule has 1 amide bonds. The maximum atomic E-state index is 13.2. The number of amides is 1. The summed E-state index contributed by atoms with van der Waals surface area (Å²) in [7, 11) is 0. The molecule has 2 N–H and O–H groups in total. The quantitative estimate of drug-likeness (QED) is 0.770. The molecule has 0 fully saturated rings. The van der Waals surface area contributed by atoms with Crippen molar-refractivity contribution in [2.45, 2.75) is 0 Å². The van der Waals surface area contributed by atoms with E-state index in [1.165, 1.54) is 12.1 Å². The molecule has 1 aromatic carbocycles. The molecule has 0 atom stereocenters. The highest BCUT2D eigenvalue weighted by molar-refractivity contribution is 9.10. The third kappa shape index (κ3) is 2.85. The zero-order valence-corrected chi connectivity index (χ0v) is 11.8. The molecule has 1 aromatic heterocycles. The Morgan fingerprint density at radius 1 is 1.28 bits per heavy atom. The highest BCUT2D eigenvalue weighted by Gasteiger charge is 2.12. The van der Waals surface area contributed by atoms with Crippen LogP contribution in [0.5, 0.6) is 0 Å². The lowest BCUT2D eigenvalue weighted by molar-refractivity contribution is 0.102. The van der Waals surface area contributed by atoms with Crippen LogP contribution in [0.15, 0.2) is 28.9 Å². The van der Waals surface area contributed by atoms with E-state index in [0.717, 1.165) is 4.47 Å². The molecule has 7 heteroatoms. The van der Waals surface area contributed by atoms with E-state index in [1.807, 2.05) is 0 Å². The molecule has 2 rings (SSSR count). The van der Waals surface area contributed by atoms with Gasteiger partial charge in [0.1, 0.15) is 5.69 Å². The Morgan fingerprint density at radius 3 is 2.39 bits per heavy atom. The number of carbonyl (C=O) groups excluding carboxylic acids is 1. The van der Waals surface area contributed by atoms with Gasteiger partial charge in [-0.3, -0.25) is 4.79 Å². The van der Waals surface area contributed by atoms with Crippen LogP contribution in [-0.2, 0) is 0 Å². The van der Waals surface area contributed by atoms with Crippen LogP contribution in [0.25, 0.3) is 0 Å². The number of rotatable bonds is 2. The molecule has 2 aromatic rings. The summed E-state index contributed by atoms with van der Waals surface area (Å²) in [6.45, 7) is 0. The zero-order chi connectivity index (χ0) is 13.3. The van der Waals surface area contributed by atoms with Crippen LogP contribution in [0.2, 0.25) is 10.0 Å². The first kappa shape index (κ1) is 13.4. The van der Waals surface area contributed by atoms with E-state index in [4.69, 9.17) is 23.2 Å². The van der Waals surface area contributed by atoms with E-state index < -0.39 is 5.82 Å². The third-order valence-corrected chi connectivity index (χ3v) is 3.14. The molecule has 0 bridgehead atoms. The maximum absolute atomic E-state index is 13.2. The van der Waals surface area contributed by atoms with E-state index in [1.54, 1.807) is 12.3 Å². The van der Waals surface area contributed by atoms with Crippen LogP contribution < -0.4 is 5.32 Å². The van der Waals surface area contributed by atoms with Gasteiger partial charge < -0.3 is 10.3 Å². The number of aromatic amines is 1. The molecule has 0 aliphatic heterocycles. The molecular weight excluding hydrogens is 346 g/mol. The van der Waals surface area contributed by atoms with Crippen LogP contribution in [0.1, 0.15) is 10.5 Å². The van der Waals surface area contributed by atoms with Crippen molar-refractivity contribution < 1.29 is 9.18 Å². The highest BCUT2D eigenvalue weighted by atomic mass is 79.9. The van der Waals surface area contributed by atoms with Gasteiger partial charge in [0.2, 0.25) is 0 Å². The van der Waals surface area contributed by atoms with Crippen molar-refractivity contribution in [1.29, 1.82) is 0 Å². The van der Waals surface area contributed by atoms with E-state index in [0.29, 0.717) is 11.4 Å². The smallest absolute Gasteiger partial charge is 0.272 e. The zero-order valence-electron chi connectivity index (χ0n) is 8.73. The minimum Gasteiger partial charge on any atom is -0.356 e. The molecule has 1 heterocycles. The number of nitrogens with one attached hydrogen (secondary N) is 2. The summed E-state index contributed by atoms with van der Waals surface area (Å²) in [5.74, 6) is -1.08. The van der Waals surface area contributed by atoms with Crippen molar-refractivity contribution in [3.8, 4) is 0 Å². The lowest BCUT2D eigenvalue weighted by atomic mass is 10.3. The van der Waals surface area contributed by atoms with Gasteiger partial charge in [-0.25, -0.2) is 4.39 Å². The van der Waals surface area contributed by atoms with Gasteiger partial charge >= 0.3 is 0 Å². The van der Waals surface area contributed by atoms with Crippen molar-refractivity contribution in [1.82, 2.24) is 4.98 Å². The molecule has 18 heavy (non-hydrogen) atoms. The van der Waals surface area contributed by atoms with E-state index >= 15 is 0 Å². The fourth-order valence-electron chi connectivity index (χ4n) is 1.33. The molecule has 0 saturated heterocycles. The Hall–Kier alpha value is -1.04. The summed E-state index contributed by atoms with van der Waals surface area (Å²) in [5, 5.41) is 2.26. The molecule has 0 radical (unpaired) electrons. The van der Waals surface area contributed by atoms with E-state index in [-0.39, 0.29) is 16.0 Å². The third-order valence-electron chi connectivity index (χ3n) is 2.13. The fourth-order valence-corrected chi connectivity index (χ4v) is 2.16. The number of halogens is 4. The first-order valence-electron chi connectivity index (χ1n) is 4.77. The van der Waals surface area contributed by atoms with Gasteiger partial charge in [-0.15, -0.1) is 0 Å². The summed E-state index contributed by atoms with van der Waals surface area (Å²) in [6.07, 6.45) is 1.62. The number of carbonyl (C=O) groups is 1. The highest BCUT2D eigenvalue weighted by Crippen LogP contribution is 2.27. The molecular formula is C11H6BrCl2FN2O. The SMILES string of the molecule is O=C(Nc1cc(Cl)c(F)c(Cl)c1)c1cc(Br)c[nH]1. The summed E-state index contributed by atoms with van der Waals surface area (Å²) >= 11 is 14.5. The number of H-pyrrole nitrogens is 1. The number of hydrogen-bond donors (Lipinski definition) is 2. The summed E-state index contributed by atoms with van der Waals surface area (Å²) in [6, 6.07) is 4.19. The lowest BCUT2D eigenvalue weighted by Gasteiger charge is -2.06. The summed E-state index contributed by atoms with van der Waals surface area (Å²) in [5.41, 5.74) is 0.681. The average molecular weight is 352 g/mol. The first-order chi connectivity index (χ1) is 8.47. The maximum Gasteiger partial charge on any atom is 0.272 e. The van der Waals surface area contributed by atoms with Crippen molar-refractivity contribution >= 4 is 50.7 Å². The predicted molar refractivity (Wildman–Crippen MR) is 72.9 cm³/mol. The Morgan fingerprint density at radius 2 is 1.89 bits per heavy atom. The Balaban J connectivity index is 2.22. The van der Waals surface area contributed by atoms with Crippen molar-refractivity contribution in [3.05, 3.63) is 50.4 Å². The van der Waals surface area contributed by atoms with Crippen LogP contribution in [0.3, 0.4) is 0 Å². The monoisotopic (exact) mass is 350 g/mol. The summed E-state index contributed by atoms with van der Waals surface area (Å²) < 4.78 is 13.9. The molecule has 0 aliphatic carbocycles. The average Bonchev–Trinajstić information content (AvgIpc) is 2.72. The van der Waals surface area contributed by atoms with E-state index in [9.17, 15) is 9.18 Å². The molecule has 3 nitrogen and oxygen atoms in total. The first-order valence-corrected chi connectivity index (χ1v) is 6.32. The normalized spacial score (nSPS) is 10.4. The Bertz CT molecular complexity index is 592.